The van der Waals surface area contributed by atoms with E-state index < -0.39 is 28.6 Å². The Bertz CT molecular complexity index is 1560. The van der Waals surface area contributed by atoms with Gasteiger partial charge in [0.05, 0.1) is 23.3 Å². The second kappa shape index (κ2) is 8.92. The first kappa shape index (κ1) is 24.8. The van der Waals surface area contributed by atoms with Gasteiger partial charge in [0.15, 0.2) is 22.9 Å². The molecule has 3 heterocycles. The van der Waals surface area contributed by atoms with Crippen molar-refractivity contribution in [3.05, 3.63) is 53.4 Å². The Balaban J connectivity index is 1.82. The minimum Gasteiger partial charge on any atom is -0.479 e. The Kier molecular flexibility index (Phi) is 5.99. The number of rotatable bonds is 6. The highest BCUT2D eigenvalue weighted by Crippen LogP contribution is 2.48. The van der Waals surface area contributed by atoms with Crippen molar-refractivity contribution in [3.63, 3.8) is 0 Å². The number of nitrogens with zero attached hydrogens (tertiary/aromatic N) is 4. The number of aliphatic carboxylic acids is 1. The number of hydrogen-bond donors (Lipinski definition) is 2. The van der Waals surface area contributed by atoms with E-state index >= 15 is 0 Å². The van der Waals surface area contributed by atoms with Crippen molar-refractivity contribution in [2.45, 2.75) is 62.9 Å². The first-order valence-corrected chi connectivity index (χ1v) is 12.1. The average Bonchev–Trinajstić information content (AvgIpc) is 3.46. The van der Waals surface area contributed by atoms with E-state index in [2.05, 4.69) is 16.3 Å². The number of pyridine rings is 1. The molecule has 1 aliphatic rings. The number of aromatic nitrogens is 4. The minimum atomic E-state index is -1.25. The second-order valence-electron chi connectivity index (χ2n) is 10.4. The van der Waals surface area contributed by atoms with Gasteiger partial charge >= 0.3 is 5.97 Å². The summed E-state index contributed by atoms with van der Waals surface area (Å²) in [7, 11) is 1.42. The van der Waals surface area contributed by atoms with Crippen LogP contribution in [0, 0.1) is 23.0 Å². The molecule has 192 valence electrons. The van der Waals surface area contributed by atoms with E-state index in [9.17, 15) is 23.9 Å². The predicted molar refractivity (Wildman–Crippen MR) is 132 cm³/mol. The molecule has 8 nitrogen and oxygen atoms in total. The fraction of sp³-hybridized carbons (Fsp3) is 0.407. The lowest BCUT2D eigenvalue weighted by Gasteiger charge is -2.37. The normalized spacial score (nSPS) is 20.4. The van der Waals surface area contributed by atoms with Crippen LogP contribution in [0.5, 0.6) is 0 Å². The van der Waals surface area contributed by atoms with Crippen LogP contribution in [0.25, 0.3) is 27.8 Å². The zero-order valence-electron chi connectivity index (χ0n) is 20.8. The summed E-state index contributed by atoms with van der Waals surface area (Å²) in [5, 5.41) is 27.2. The van der Waals surface area contributed by atoms with E-state index in [1.165, 1.54) is 13.2 Å². The van der Waals surface area contributed by atoms with Crippen LogP contribution < -0.4 is 0 Å². The molecule has 3 aromatic heterocycles. The molecule has 0 spiro atoms. The van der Waals surface area contributed by atoms with E-state index in [1.807, 2.05) is 24.5 Å². The fourth-order valence-corrected chi connectivity index (χ4v) is 5.70. The van der Waals surface area contributed by atoms with Gasteiger partial charge in [0.25, 0.3) is 0 Å². The number of halogens is 2. The summed E-state index contributed by atoms with van der Waals surface area (Å²) in [6, 6.07) is 7.90. The molecular weight excluding hydrogens is 480 g/mol. The molecule has 1 fully saturated rings. The monoisotopic (exact) mass is 507 g/mol. The molecule has 0 unspecified atom stereocenters. The first-order chi connectivity index (χ1) is 17.6. The first-order valence-electron chi connectivity index (χ1n) is 12.1. The number of carboxylic acid groups (broad SMARTS) is 1. The van der Waals surface area contributed by atoms with Crippen LogP contribution in [-0.2, 0) is 14.9 Å². The maximum atomic E-state index is 14.5. The van der Waals surface area contributed by atoms with Crippen molar-refractivity contribution in [3.8, 4) is 11.8 Å². The number of aromatic amines is 1. The third-order valence-electron chi connectivity index (χ3n) is 7.69. The van der Waals surface area contributed by atoms with E-state index in [4.69, 9.17) is 9.72 Å². The van der Waals surface area contributed by atoms with E-state index in [-0.39, 0.29) is 12.3 Å². The number of fused-ring (bicyclic) bond motifs is 2. The van der Waals surface area contributed by atoms with Crippen molar-refractivity contribution in [1.29, 1.82) is 5.26 Å². The van der Waals surface area contributed by atoms with Crippen molar-refractivity contribution in [2.75, 3.05) is 7.11 Å². The predicted octanol–water partition coefficient (Wildman–Crippen LogP) is 5.50. The highest BCUT2D eigenvalue weighted by atomic mass is 19.2. The number of carbonyl (C=O) groups is 1. The molecule has 0 aliphatic heterocycles. The van der Waals surface area contributed by atoms with Crippen molar-refractivity contribution >= 4 is 28.0 Å². The largest absolute Gasteiger partial charge is 0.479 e. The zero-order chi connectivity index (χ0) is 26.5. The van der Waals surface area contributed by atoms with Crippen molar-refractivity contribution in [1.82, 2.24) is 19.7 Å². The molecule has 0 saturated heterocycles. The molecule has 2 N–H and O–H groups in total. The van der Waals surface area contributed by atoms with Gasteiger partial charge in [-0.15, -0.1) is 0 Å². The van der Waals surface area contributed by atoms with Crippen LogP contribution in [0.1, 0.15) is 63.1 Å². The lowest BCUT2D eigenvalue weighted by Crippen LogP contribution is -2.43. The van der Waals surface area contributed by atoms with Crippen LogP contribution in [0.2, 0.25) is 0 Å². The second-order valence-corrected chi connectivity index (χ2v) is 10.4. The highest BCUT2D eigenvalue weighted by Gasteiger charge is 2.45. The van der Waals surface area contributed by atoms with Gasteiger partial charge in [-0.3, -0.25) is 5.10 Å². The molecular formula is C27H27F2N5O3. The Morgan fingerprint density at radius 2 is 2.03 bits per heavy atom. The molecule has 0 amide bonds. The summed E-state index contributed by atoms with van der Waals surface area (Å²) >= 11 is 0. The number of nitrogens with one attached hydrogen (secondary N) is 1. The van der Waals surface area contributed by atoms with Crippen LogP contribution in [0.4, 0.5) is 8.78 Å². The molecule has 0 radical (unpaired) electrons. The molecule has 0 atom stereocenters. The molecule has 1 saturated carbocycles. The zero-order valence-corrected chi connectivity index (χ0v) is 20.8. The minimum absolute atomic E-state index is 0.0856. The van der Waals surface area contributed by atoms with Gasteiger partial charge in [-0.05, 0) is 49.8 Å². The fourth-order valence-electron chi connectivity index (χ4n) is 5.70. The maximum Gasteiger partial charge on any atom is 0.335 e. The maximum absolute atomic E-state index is 14.5. The van der Waals surface area contributed by atoms with Crippen LogP contribution in [-0.4, -0.2) is 43.5 Å². The number of hydrogen-bond acceptors (Lipinski definition) is 5. The topological polar surface area (TPSA) is 117 Å². The third kappa shape index (κ3) is 3.94. The summed E-state index contributed by atoms with van der Waals surface area (Å²) in [5.41, 5.74) is 2.04. The molecule has 1 aliphatic carbocycles. The summed E-state index contributed by atoms with van der Waals surface area (Å²) in [4.78, 5) is 16.9. The van der Waals surface area contributed by atoms with Crippen LogP contribution in [0.15, 0.2) is 30.5 Å². The van der Waals surface area contributed by atoms with Crippen molar-refractivity contribution in [2.24, 2.45) is 0 Å². The SMILES string of the molecule is CO[C@]1(C(=O)O)CC[C@H](c2c(C(C)(C)CC#N)n(-c3ccc(F)c(F)c3)c3cc4cn[nH]c4nc32)CC1. The van der Waals surface area contributed by atoms with E-state index in [0.29, 0.717) is 48.1 Å². The third-order valence-corrected chi connectivity index (χ3v) is 7.69. The molecule has 37 heavy (non-hydrogen) atoms. The summed E-state index contributed by atoms with van der Waals surface area (Å²) in [6.07, 6.45) is 3.48. The van der Waals surface area contributed by atoms with Gasteiger partial charge in [0.2, 0.25) is 0 Å². The summed E-state index contributed by atoms with van der Waals surface area (Å²) < 4.78 is 35.7. The molecule has 4 aromatic rings. The quantitative estimate of drug-likeness (QED) is 0.356. The molecule has 0 bridgehead atoms. The highest BCUT2D eigenvalue weighted by molar-refractivity contribution is 5.94. The van der Waals surface area contributed by atoms with Gasteiger partial charge in [-0.2, -0.15) is 10.4 Å². The van der Waals surface area contributed by atoms with Gasteiger partial charge in [0.1, 0.15) is 0 Å². The smallest absolute Gasteiger partial charge is 0.335 e. The summed E-state index contributed by atoms with van der Waals surface area (Å²) in [6.45, 7) is 3.88. The summed E-state index contributed by atoms with van der Waals surface area (Å²) in [5.74, 6) is -3.01. The van der Waals surface area contributed by atoms with Crippen LogP contribution >= 0.6 is 0 Å². The standard InChI is InChI=1S/C27H27F2N5O3/c1-26(2,10-11-30)23-21(15-6-8-27(37-3,9-7-15)25(35)36)22-20(12-16-14-31-33-24(16)32-22)34(23)17-4-5-18(28)19(29)13-17/h4-5,12-15H,6-10H2,1-3H3,(H,35,36)(H,31,32,33)/t15-,27+. The Labute approximate surface area is 211 Å². The average molecular weight is 508 g/mol. The van der Waals surface area contributed by atoms with E-state index in [0.717, 1.165) is 28.8 Å². The number of methoxy groups -OCH3 is 1. The number of ether oxygens (including phenoxy) is 1. The number of nitriles is 1. The number of carboxylic acids is 1. The van der Waals surface area contributed by atoms with Gasteiger partial charge in [0, 0.05) is 47.3 Å². The Morgan fingerprint density at radius 1 is 1.30 bits per heavy atom. The lowest BCUT2D eigenvalue weighted by atomic mass is 9.73. The molecule has 10 heteroatoms. The van der Waals surface area contributed by atoms with Crippen LogP contribution in [0.3, 0.4) is 0 Å². The van der Waals surface area contributed by atoms with E-state index in [1.54, 1.807) is 6.20 Å². The lowest BCUT2D eigenvalue weighted by molar-refractivity contribution is -0.166. The van der Waals surface area contributed by atoms with Gasteiger partial charge < -0.3 is 14.4 Å². The van der Waals surface area contributed by atoms with Crippen molar-refractivity contribution < 1.29 is 23.4 Å². The van der Waals surface area contributed by atoms with Gasteiger partial charge in [-0.1, -0.05) is 13.8 Å². The molecule has 5 rings (SSSR count). The number of H-pyrrole nitrogens is 1. The van der Waals surface area contributed by atoms with Gasteiger partial charge in [-0.25, -0.2) is 18.6 Å². The Morgan fingerprint density at radius 3 is 2.65 bits per heavy atom. The molecule has 1 aromatic carbocycles. The Hall–Kier alpha value is -3.84. The number of benzene rings is 1.